The summed E-state index contributed by atoms with van der Waals surface area (Å²) in [6, 6.07) is 13.1. The van der Waals surface area contributed by atoms with Gasteiger partial charge in [-0.3, -0.25) is 14.9 Å². The number of methoxy groups -OCH3 is 1. The van der Waals surface area contributed by atoms with E-state index in [4.69, 9.17) is 9.26 Å². The molecule has 0 aliphatic carbocycles. The number of anilines is 1. The van der Waals surface area contributed by atoms with E-state index in [-0.39, 0.29) is 30.1 Å². The number of amides is 1. The molecule has 0 saturated carbocycles. The maximum absolute atomic E-state index is 12.1. The van der Waals surface area contributed by atoms with Crippen LogP contribution in [0.25, 0.3) is 11.4 Å². The van der Waals surface area contributed by atoms with Crippen molar-refractivity contribution in [3.8, 4) is 17.1 Å². The van der Waals surface area contributed by atoms with Gasteiger partial charge in [-0.25, -0.2) is 0 Å². The SMILES string of the molecule is COc1ccc(-c2noc(CCC(=O)Nc3ccccc3[N+](=O)[O-])n2)cc1. The molecular formula is C18H16N4O5. The Bertz CT molecular complexity index is 952. The van der Waals surface area contributed by atoms with Crippen LogP contribution in [0.1, 0.15) is 12.3 Å². The summed E-state index contributed by atoms with van der Waals surface area (Å²) in [7, 11) is 1.58. The Hall–Kier alpha value is -3.75. The van der Waals surface area contributed by atoms with E-state index < -0.39 is 4.92 Å². The molecular weight excluding hydrogens is 352 g/mol. The third-order valence-electron chi connectivity index (χ3n) is 3.76. The molecule has 9 heteroatoms. The number of nitrogens with one attached hydrogen (secondary N) is 1. The van der Waals surface area contributed by atoms with Crippen molar-refractivity contribution in [3.05, 3.63) is 64.5 Å². The molecule has 2 aromatic carbocycles. The van der Waals surface area contributed by atoms with Crippen molar-refractivity contribution in [1.82, 2.24) is 10.1 Å². The van der Waals surface area contributed by atoms with Crippen molar-refractivity contribution in [2.24, 2.45) is 0 Å². The lowest BCUT2D eigenvalue weighted by Gasteiger charge is -2.04. The number of carbonyl (C=O) groups excluding carboxylic acids is 1. The number of benzene rings is 2. The highest BCUT2D eigenvalue weighted by Gasteiger charge is 2.16. The van der Waals surface area contributed by atoms with Gasteiger partial charge in [0.25, 0.3) is 5.69 Å². The number of para-hydroxylation sites is 2. The summed E-state index contributed by atoms with van der Waals surface area (Å²) < 4.78 is 10.3. The van der Waals surface area contributed by atoms with Gasteiger partial charge in [-0.15, -0.1) is 0 Å². The molecule has 0 fully saturated rings. The Morgan fingerprint density at radius 2 is 1.96 bits per heavy atom. The fourth-order valence-corrected chi connectivity index (χ4v) is 2.39. The maximum Gasteiger partial charge on any atom is 0.292 e. The van der Waals surface area contributed by atoms with E-state index >= 15 is 0 Å². The monoisotopic (exact) mass is 368 g/mol. The molecule has 9 nitrogen and oxygen atoms in total. The number of aromatic nitrogens is 2. The molecule has 1 aromatic heterocycles. The van der Waals surface area contributed by atoms with Crippen molar-refractivity contribution in [2.75, 3.05) is 12.4 Å². The quantitative estimate of drug-likeness (QED) is 0.502. The van der Waals surface area contributed by atoms with Crippen LogP contribution in [-0.4, -0.2) is 28.1 Å². The van der Waals surface area contributed by atoms with E-state index in [1.54, 1.807) is 37.4 Å². The number of nitro benzene ring substituents is 1. The number of ether oxygens (including phenoxy) is 1. The zero-order valence-corrected chi connectivity index (χ0v) is 14.4. The Labute approximate surface area is 154 Å². The summed E-state index contributed by atoms with van der Waals surface area (Å²) in [5.74, 6) is 1.05. The molecule has 0 saturated heterocycles. The molecule has 1 N–H and O–H groups in total. The van der Waals surface area contributed by atoms with Crippen molar-refractivity contribution < 1.29 is 19.0 Å². The molecule has 3 aromatic rings. The summed E-state index contributed by atoms with van der Waals surface area (Å²) in [6.45, 7) is 0. The molecule has 0 aliphatic heterocycles. The van der Waals surface area contributed by atoms with Crippen LogP contribution in [0.3, 0.4) is 0 Å². The van der Waals surface area contributed by atoms with Crippen LogP contribution in [0.5, 0.6) is 5.75 Å². The third kappa shape index (κ3) is 4.46. The zero-order chi connectivity index (χ0) is 19.2. The van der Waals surface area contributed by atoms with Gasteiger partial charge in [0, 0.05) is 24.5 Å². The maximum atomic E-state index is 12.1. The number of hydrogen-bond donors (Lipinski definition) is 1. The molecule has 0 aliphatic rings. The molecule has 0 radical (unpaired) electrons. The average molecular weight is 368 g/mol. The molecule has 0 bridgehead atoms. The number of aryl methyl sites for hydroxylation is 1. The van der Waals surface area contributed by atoms with Crippen LogP contribution in [0.15, 0.2) is 53.1 Å². The van der Waals surface area contributed by atoms with Gasteiger partial charge >= 0.3 is 0 Å². The highest BCUT2D eigenvalue weighted by atomic mass is 16.6. The van der Waals surface area contributed by atoms with Gasteiger partial charge in [0.15, 0.2) is 0 Å². The van der Waals surface area contributed by atoms with Gasteiger partial charge in [0.2, 0.25) is 17.6 Å². The van der Waals surface area contributed by atoms with Crippen molar-refractivity contribution in [2.45, 2.75) is 12.8 Å². The molecule has 1 heterocycles. The molecule has 0 spiro atoms. The van der Waals surface area contributed by atoms with Crippen LogP contribution in [0.4, 0.5) is 11.4 Å². The van der Waals surface area contributed by atoms with Crippen LogP contribution in [0.2, 0.25) is 0 Å². The summed E-state index contributed by atoms with van der Waals surface area (Å²) in [5.41, 5.74) is 0.748. The second-order valence-electron chi connectivity index (χ2n) is 5.56. The lowest BCUT2D eigenvalue weighted by molar-refractivity contribution is -0.383. The smallest absolute Gasteiger partial charge is 0.292 e. The normalized spacial score (nSPS) is 10.4. The number of hydrogen-bond acceptors (Lipinski definition) is 7. The predicted octanol–water partition coefficient (Wildman–Crippen LogP) is 3.22. The first kappa shape index (κ1) is 18.1. The number of nitro groups is 1. The highest BCUT2D eigenvalue weighted by Crippen LogP contribution is 2.23. The van der Waals surface area contributed by atoms with Gasteiger partial charge in [0.1, 0.15) is 11.4 Å². The van der Waals surface area contributed by atoms with Gasteiger partial charge < -0.3 is 14.6 Å². The van der Waals surface area contributed by atoms with Crippen molar-refractivity contribution in [1.29, 1.82) is 0 Å². The van der Waals surface area contributed by atoms with Gasteiger partial charge in [-0.2, -0.15) is 4.98 Å². The fourth-order valence-electron chi connectivity index (χ4n) is 2.39. The Morgan fingerprint density at radius 3 is 2.67 bits per heavy atom. The molecule has 138 valence electrons. The minimum Gasteiger partial charge on any atom is -0.497 e. The number of rotatable bonds is 7. The molecule has 0 atom stereocenters. The van der Waals surface area contributed by atoms with E-state index in [2.05, 4.69) is 15.5 Å². The van der Waals surface area contributed by atoms with Crippen LogP contribution < -0.4 is 10.1 Å². The third-order valence-corrected chi connectivity index (χ3v) is 3.76. The van der Waals surface area contributed by atoms with Crippen LogP contribution in [-0.2, 0) is 11.2 Å². The highest BCUT2D eigenvalue weighted by molar-refractivity contribution is 5.93. The molecule has 0 unspecified atom stereocenters. The van der Waals surface area contributed by atoms with E-state index in [0.717, 1.165) is 5.56 Å². The van der Waals surface area contributed by atoms with Crippen molar-refractivity contribution in [3.63, 3.8) is 0 Å². The first-order valence-corrected chi connectivity index (χ1v) is 8.07. The standard InChI is InChI=1S/C18H16N4O5/c1-26-13-8-6-12(7-9-13)18-20-17(27-21-18)11-10-16(23)19-14-4-2-3-5-15(14)22(24)25/h2-9H,10-11H2,1H3,(H,19,23). The zero-order valence-electron chi connectivity index (χ0n) is 14.4. The fraction of sp³-hybridized carbons (Fsp3) is 0.167. The van der Waals surface area contributed by atoms with E-state index in [1.807, 2.05) is 0 Å². The van der Waals surface area contributed by atoms with Crippen LogP contribution >= 0.6 is 0 Å². The Kier molecular flexibility index (Phi) is 5.41. The second-order valence-corrected chi connectivity index (χ2v) is 5.56. The summed E-state index contributed by atoms with van der Waals surface area (Å²) in [6.07, 6.45) is 0.270. The Balaban J connectivity index is 1.60. The first-order chi connectivity index (χ1) is 13.1. The largest absolute Gasteiger partial charge is 0.497 e. The van der Waals surface area contributed by atoms with Crippen LogP contribution in [0, 0.1) is 10.1 Å². The van der Waals surface area contributed by atoms with Gasteiger partial charge in [0.05, 0.1) is 12.0 Å². The molecule has 1 amide bonds. The summed E-state index contributed by atoms with van der Waals surface area (Å²) in [4.78, 5) is 26.8. The lowest BCUT2D eigenvalue weighted by Crippen LogP contribution is -2.13. The number of carbonyl (C=O) groups is 1. The van der Waals surface area contributed by atoms with Gasteiger partial charge in [-0.1, -0.05) is 17.3 Å². The summed E-state index contributed by atoms with van der Waals surface area (Å²) >= 11 is 0. The number of nitrogens with zero attached hydrogens (tertiary/aromatic N) is 3. The average Bonchev–Trinajstić information content (AvgIpc) is 3.16. The minimum absolute atomic E-state index is 0.0519. The first-order valence-electron chi connectivity index (χ1n) is 8.07. The Morgan fingerprint density at radius 1 is 1.22 bits per heavy atom. The predicted molar refractivity (Wildman–Crippen MR) is 96.3 cm³/mol. The molecule has 3 rings (SSSR count). The minimum atomic E-state index is -0.547. The van der Waals surface area contributed by atoms with E-state index in [9.17, 15) is 14.9 Å². The van der Waals surface area contributed by atoms with E-state index in [1.165, 1.54) is 18.2 Å². The van der Waals surface area contributed by atoms with Crippen molar-refractivity contribution >= 4 is 17.3 Å². The lowest BCUT2D eigenvalue weighted by atomic mass is 10.2. The summed E-state index contributed by atoms with van der Waals surface area (Å²) in [5, 5.41) is 17.4. The van der Waals surface area contributed by atoms with E-state index in [0.29, 0.717) is 17.5 Å². The molecule has 27 heavy (non-hydrogen) atoms. The second kappa shape index (κ2) is 8.09. The topological polar surface area (TPSA) is 120 Å². The van der Waals surface area contributed by atoms with Gasteiger partial charge in [-0.05, 0) is 30.3 Å².